The minimum atomic E-state index is -1.21. The van der Waals surface area contributed by atoms with Crippen LogP contribution in [0.3, 0.4) is 0 Å². The molecule has 0 spiro atoms. The third-order valence-corrected chi connectivity index (χ3v) is 3.74. The summed E-state index contributed by atoms with van der Waals surface area (Å²) in [5.41, 5.74) is 0.276. The Kier molecular flexibility index (Phi) is 3.92. The van der Waals surface area contributed by atoms with E-state index in [0.29, 0.717) is 29.2 Å². The third-order valence-electron chi connectivity index (χ3n) is 3.74. The van der Waals surface area contributed by atoms with Crippen LogP contribution >= 0.6 is 0 Å². The molecule has 2 heterocycles. The van der Waals surface area contributed by atoms with Gasteiger partial charge in [0.1, 0.15) is 11.2 Å². The molecule has 0 bridgehead atoms. The van der Waals surface area contributed by atoms with Crippen molar-refractivity contribution < 1.29 is 9.90 Å². The van der Waals surface area contributed by atoms with E-state index in [1.165, 1.54) is 6.20 Å². The van der Waals surface area contributed by atoms with Crippen molar-refractivity contribution in [2.24, 2.45) is 5.92 Å². The molecule has 0 saturated heterocycles. The summed E-state index contributed by atoms with van der Waals surface area (Å²) in [5.74, 6) is -0.627. The van der Waals surface area contributed by atoms with Crippen molar-refractivity contribution in [3.63, 3.8) is 0 Å². The molecule has 2 rings (SSSR count). The molecule has 1 unspecified atom stereocenters. The summed E-state index contributed by atoms with van der Waals surface area (Å²) < 4.78 is 1.74. The van der Waals surface area contributed by atoms with Gasteiger partial charge in [-0.15, -0.1) is 0 Å². The number of carboxylic acid groups (broad SMARTS) is 1. The van der Waals surface area contributed by atoms with E-state index in [-0.39, 0.29) is 5.56 Å². The molecule has 2 aromatic heterocycles. The number of H-pyrrole nitrogens is 1. The van der Waals surface area contributed by atoms with Gasteiger partial charge in [-0.2, -0.15) is 5.10 Å². The lowest BCUT2D eigenvalue weighted by molar-refractivity contribution is 0.0694. The van der Waals surface area contributed by atoms with Gasteiger partial charge >= 0.3 is 5.97 Å². The maximum Gasteiger partial charge on any atom is 0.341 e. The van der Waals surface area contributed by atoms with Crippen LogP contribution in [0.25, 0.3) is 11.0 Å². The average molecular weight is 277 g/mol. The number of nitrogens with one attached hydrogen (secondary N) is 1. The van der Waals surface area contributed by atoms with Crippen LogP contribution < -0.4 is 5.43 Å². The zero-order valence-electron chi connectivity index (χ0n) is 11.9. The smallest absolute Gasteiger partial charge is 0.341 e. The Balaban J connectivity index is 2.47. The highest BCUT2D eigenvalue weighted by Crippen LogP contribution is 2.14. The Morgan fingerprint density at radius 2 is 2.25 bits per heavy atom. The Morgan fingerprint density at radius 3 is 2.85 bits per heavy atom. The normalized spacial score (nSPS) is 12.8. The highest BCUT2D eigenvalue weighted by molar-refractivity contribution is 5.92. The number of aromatic amines is 1. The van der Waals surface area contributed by atoms with Gasteiger partial charge < -0.3 is 10.1 Å². The topological polar surface area (TPSA) is 88.0 Å². The largest absolute Gasteiger partial charge is 0.477 e. The van der Waals surface area contributed by atoms with Crippen LogP contribution in [0.1, 0.15) is 42.7 Å². The molecule has 1 atom stereocenters. The van der Waals surface area contributed by atoms with Crippen molar-refractivity contribution in [3.05, 3.63) is 27.7 Å². The second-order valence-corrected chi connectivity index (χ2v) is 5.19. The Labute approximate surface area is 116 Å². The van der Waals surface area contributed by atoms with Gasteiger partial charge in [-0.1, -0.05) is 20.3 Å². The van der Waals surface area contributed by atoms with E-state index in [2.05, 4.69) is 23.9 Å². The van der Waals surface area contributed by atoms with Gasteiger partial charge in [0.15, 0.2) is 0 Å². The summed E-state index contributed by atoms with van der Waals surface area (Å²) in [5, 5.41) is 13.6. The fraction of sp³-hybridized carbons (Fsp3) is 0.500. The summed E-state index contributed by atoms with van der Waals surface area (Å²) in [7, 11) is 0. The molecule has 0 fully saturated rings. The van der Waals surface area contributed by atoms with Gasteiger partial charge in [0.25, 0.3) is 0 Å². The minimum Gasteiger partial charge on any atom is -0.477 e. The highest BCUT2D eigenvalue weighted by Gasteiger charge is 2.18. The van der Waals surface area contributed by atoms with Crippen LogP contribution in [0, 0.1) is 12.8 Å². The molecule has 2 aromatic rings. The maximum absolute atomic E-state index is 12.1. The molecular formula is C14H19N3O3. The first-order chi connectivity index (χ1) is 9.45. The number of hydrogen-bond acceptors (Lipinski definition) is 3. The van der Waals surface area contributed by atoms with Gasteiger partial charge in [0, 0.05) is 12.2 Å². The van der Waals surface area contributed by atoms with Crippen LogP contribution in [-0.4, -0.2) is 25.8 Å². The molecule has 0 radical (unpaired) electrons. The molecule has 0 aliphatic rings. The third kappa shape index (κ3) is 2.45. The molecule has 20 heavy (non-hydrogen) atoms. The lowest BCUT2D eigenvalue weighted by Gasteiger charge is -2.09. The van der Waals surface area contributed by atoms with Gasteiger partial charge in [-0.3, -0.25) is 4.79 Å². The lowest BCUT2D eigenvalue weighted by Crippen LogP contribution is -2.18. The van der Waals surface area contributed by atoms with Crippen molar-refractivity contribution in [2.75, 3.05) is 0 Å². The zero-order chi connectivity index (χ0) is 14.9. The van der Waals surface area contributed by atoms with Crippen LogP contribution in [0.2, 0.25) is 0 Å². The van der Waals surface area contributed by atoms with Crippen molar-refractivity contribution >= 4 is 17.0 Å². The Morgan fingerprint density at radius 1 is 1.55 bits per heavy atom. The van der Waals surface area contributed by atoms with Crippen LogP contribution in [0.5, 0.6) is 0 Å². The van der Waals surface area contributed by atoms with Crippen molar-refractivity contribution in [1.29, 1.82) is 0 Å². The fourth-order valence-corrected chi connectivity index (χ4v) is 2.20. The number of nitrogens with zero attached hydrogens (tertiary/aromatic N) is 2. The Hall–Kier alpha value is -2.11. The summed E-state index contributed by atoms with van der Waals surface area (Å²) in [6, 6.07) is 0. The van der Waals surface area contributed by atoms with E-state index in [9.17, 15) is 9.59 Å². The molecule has 6 heteroatoms. The van der Waals surface area contributed by atoms with E-state index < -0.39 is 11.4 Å². The maximum atomic E-state index is 12.1. The van der Waals surface area contributed by atoms with Crippen molar-refractivity contribution in [3.8, 4) is 0 Å². The van der Waals surface area contributed by atoms with Gasteiger partial charge in [-0.25, -0.2) is 9.48 Å². The summed E-state index contributed by atoms with van der Waals surface area (Å²) in [4.78, 5) is 26.2. The highest BCUT2D eigenvalue weighted by atomic mass is 16.4. The predicted octanol–water partition coefficient (Wildman–Crippen LogP) is 2.17. The number of aromatic carboxylic acids is 1. The number of aromatic nitrogens is 3. The van der Waals surface area contributed by atoms with E-state index in [0.717, 1.165) is 12.8 Å². The second-order valence-electron chi connectivity index (χ2n) is 5.19. The van der Waals surface area contributed by atoms with Crippen LogP contribution in [-0.2, 0) is 6.54 Å². The molecule has 108 valence electrons. The van der Waals surface area contributed by atoms with Crippen LogP contribution in [0.4, 0.5) is 0 Å². The van der Waals surface area contributed by atoms with Gasteiger partial charge in [-0.05, 0) is 19.3 Å². The summed E-state index contributed by atoms with van der Waals surface area (Å²) in [6.45, 7) is 6.61. The predicted molar refractivity (Wildman–Crippen MR) is 76.1 cm³/mol. The first-order valence-electron chi connectivity index (χ1n) is 6.77. The second kappa shape index (κ2) is 5.48. The molecule has 0 aliphatic carbocycles. The SMILES string of the molecule is CCC(C)CCn1ncc2c(=O)c(C(=O)O)c(C)[nH]c21. The molecule has 0 amide bonds. The number of pyridine rings is 1. The molecule has 0 aliphatic heterocycles. The van der Waals surface area contributed by atoms with Gasteiger partial charge in [0.2, 0.25) is 5.43 Å². The number of aryl methyl sites for hydroxylation is 2. The molecule has 6 nitrogen and oxygen atoms in total. The zero-order valence-corrected chi connectivity index (χ0v) is 11.9. The van der Waals surface area contributed by atoms with Crippen LogP contribution in [0.15, 0.2) is 11.0 Å². The van der Waals surface area contributed by atoms with E-state index in [1.807, 2.05) is 0 Å². The average Bonchev–Trinajstić information content (AvgIpc) is 2.78. The standard InChI is InChI=1S/C14H19N3O3/c1-4-8(2)5-6-17-13-10(7-15-17)12(18)11(14(19)20)9(3)16-13/h7-8H,4-6H2,1-3H3,(H,16,18)(H,19,20). The number of carboxylic acids is 1. The fourth-order valence-electron chi connectivity index (χ4n) is 2.20. The Bertz CT molecular complexity index is 699. The number of hydrogen-bond donors (Lipinski definition) is 2. The van der Waals surface area contributed by atoms with E-state index in [1.54, 1.807) is 11.6 Å². The minimum absolute atomic E-state index is 0.209. The molecule has 0 aromatic carbocycles. The molecular weight excluding hydrogens is 258 g/mol. The molecule has 2 N–H and O–H groups in total. The monoisotopic (exact) mass is 277 g/mol. The first-order valence-corrected chi connectivity index (χ1v) is 6.77. The van der Waals surface area contributed by atoms with Crippen molar-refractivity contribution in [1.82, 2.24) is 14.8 Å². The van der Waals surface area contributed by atoms with E-state index >= 15 is 0 Å². The summed E-state index contributed by atoms with van der Waals surface area (Å²) in [6.07, 6.45) is 3.50. The lowest BCUT2D eigenvalue weighted by atomic mass is 10.1. The van der Waals surface area contributed by atoms with Crippen molar-refractivity contribution in [2.45, 2.75) is 40.2 Å². The first kappa shape index (κ1) is 14.3. The number of carbonyl (C=O) groups is 1. The van der Waals surface area contributed by atoms with E-state index in [4.69, 9.17) is 5.11 Å². The number of rotatable bonds is 5. The molecule has 0 saturated carbocycles. The number of fused-ring (bicyclic) bond motifs is 1. The summed E-state index contributed by atoms with van der Waals surface area (Å²) >= 11 is 0. The van der Waals surface area contributed by atoms with Gasteiger partial charge in [0.05, 0.1) is 11.6 Å². The quantitative estimate of drug-likeness (QED) is 0.876.